The van der Waals surface area contributed by atoms with Crippen LogP contribution in [-0.2, 0) is 0 Å². The lowest BCUT2D eigenvalue weighted by molar-refractivity contribution is 0.377. The minimum absolute atomic E-state index is 0.257. The van der Waals surface area contributed by atoms with Crippen molar-refractivity contribution in [2.75, 3.05) is 13.1 Å². The van der Waals surface area contributed by atoms with Gasteiger partial charge in [0.2, 0.25) is 0 Å². The number of hydrogen-bond donors (Lipinski definition) is 1. The second-order valence-corrected chi connectivity index (χ2v) is 7.08. The van der Waals surface area contributed by atoms with Crippen LogP contribution in [-0.4, -0.2) is 23.1 Å². The highest BCUT2D eigenvalue weighted by Gasteiger charge is 2.12. The van der Waals surface area contributed by atoms with Crippen molar-refractivity contribution in [1.82, 2.24) is 10.2 Å². The topological polar surface area (TPSA) is 15.3 Å². The molecule has 0 amide bonds. The van der Waals surface area contributed by atoms with Crippen molar-refractivity contribution in [3.8, 4) is 0 Å². The molecule has 2 nitrogen and oxygen atoms in total. The van der Waals surface area contributed by atoms with E-state index in [1.807, 2.05) is 0 Å². The molecule has 0 saturated heterocycles. The third kappa shape index (κ3) is 8.68. The Bertz CT molecular complexity index is 421. The molecule has 0 aromatic heterocycles. The summed E-state index contributed by atoms with van der Waals surface area (Å²) >= 11 is 5.72. The molecule has 0 heterocycles. The number of benzene rings is 1. The van der Waals surface area contributed by atoms with Gasteiger partial charge >= 0.3 is 0 Å². The van der Waals surface area contributed by atoms with E-state index in [0.29, 0.717) is 0 Å². The van der Waals surface area contributed by atoms with E-state index in [9.17, 15) is 0 Å². The number of thiocarbonyl (C=S) groups is 1. The van der Waals surface area contributed by atoms with Crippen LogP contribution in [0.1, 0.15) is 83.7 Å². The molecule has 1 atom stereocenters. The van der Waals surface area contributed by atoms with Gasteiger partial charge in [0.25, 0.3) is 0 Å². The first-order valence-corrected chi connectivity index (χ1v) is 10.2. The van der Waals surface area contributed by atoms with Crippen LogP contribution in [0.2, 0.25) is 0 Å². The standard InChI is InChI=1S/C21H36N2S/c1-4-6-8-13-17-23(18-14-9-7-5-2)21(24)22-19(3)20-15-11-10-12-16-20/h10-12,15-16,19H,4-9,13-14,17-18H2,1-3H3,(H,22,24). The van der Waals surface area contributed by atoms with Crippen molar-refractivity contribution >= 4 is 17.3 Å². The maximum absolute atomic E-state index is 5.72. The van der Waals surface area contributed by atoms with E-state index in [1.54, 1.807) is 0 Å². The summed E-state index contributed by atoms with van der Waals surface area (Å²) < 4.78 is 0. The average Bonchev–Trinajstić information content (AvgIpc) is 2.61. The van der Waals surface area contributed by atoms with E-state index in [0.717, 1.165) is 18.2 Å². The zero-order valence-corrected chi connectivity index (χ0v) is 16.7. The molecule has 1 aromatic rings. The largest absolute Gasteiger partial charge is 0.356 e. The highest BCUT2D eigenvalue weighted by atomic mass is 32.1. The Hall–Kier alpha value is -1.09. The normalized spacial score (nSPS) is 12.0. The first-order valence-electron chi connectivity index (χ1n) is 9.79. The molecule has 0 saturated carbocycles. The Balaban J connectivity index is 2.50. The van der Waals surface area contributed by atoms with Gasteiger partial charge in [-0.05, 0) is 37.5 Å². The van der Waals surface area contributed by atoms with Crippen molar-refractivity contribution in [2.45, 2.75) is 78.2 Å². The van der Waals surface area contributed by atoms with Gasteiger partial charge < -0.3 is 10.2 Å². The Morgan fingerprint density at radius 3 is 1.96 bits per heavy atom. The van der Waals surface area contributed by atoms with Crippen LogP contribution in [0.5, 0.6) is 0 Å². The van der Waals surface area contributed by atoms with Gasteiger partial charge in [-0.25, -0.2) is 0 Å². The zero-order chi connectivity index (χ0) is 17.6. The monoisotopic (exact) mass is 348 g/mol. The van der Waals surface area contributed by atoms with Crippen LogP contribution < -0.4 is 5.32 Å². The van der Waals surface area contributed by atoms with Gasteiger partial charge in [-0.1, -0.05) is 82.7 Å². The SMILES string of the molecule is CCCCCCN(CCCCCC)C(=S)NC(C)c1ccccc1. The molecular weight excluding hydrogens is 312 g/mol. The van der Waals surface area contributed by atoms with E-state index < -0.39 is 0 Å². The van der Waals surface area contributed by atoms with Crippen LogP contribution in [0.4, 0.5) is 0 Å². The summed E-state index contributed by atoms with van der Waals surface area (Å²) in [7, 11) is 0. The molecule has 0 aliphatic rings. The van der Waals surface area contributed by atoms with Crippen LogP contribution in [0.3, 0.4) is 0 Å². The third-order valence-electron chi connectivity index (χ3n) is 4.49. The molecular formula is C21H36N2S. The van der Waals surface area contributed by atoms with Crippen LogP contribution in [0.25, 0.3) is 0 Å². The Kier molecular flexibility index (Phi) is 11.5. The molecule has 24 heavy (non-hydrogen) atoms. The predicted molar refractivity (Wildman–Crippen MR) is 110 cm³/mol. The Morgan fingerprint density at radius 2 is 1.46 bits per heavy atom. The van der Waals surface area contributed by atoms with Gasteiger partial charge in [0.1, 0.15) is 0 Å². The summed E-state index contributed by atoms with van der Waals surface area (Å²) in [6.45, 7) is 8.87. The summed E-state index contributed by atoms with van der Waals surface area (Å²) in [5.74, 6) is 0. The first kappa shape index (κ1) is 21.0. The fraction of sp³-hybridized carbons (Fsp3) is 0.667. The van der Waals surface area contributed by atoms with Gasteiger partial charge in [-0.3, -0.25) is 0 Å². The molecule has 0 aliphatic carbocycles. The second-order valence-electron chi connectivity index (χ2n) is 6.69. The van der Waals surface area contributed by atoms with Crippen molar-refractivity contribution in [3.05, 3.63) is 35.9 Å². The number of rotatable bonds is 12. The fourth-order valence-corrected chi connectivity index (χ4v) is 3.23. The summed E-state index contributed by atoms with van der Waals surface area (Å²) in [5.41, 5.74) is 1.29. The van der Waals surface area contributed by atoms with Crippen molar-refractivity contribution in [3.63, 3.8) is 0 Å². The highest BCUT2D eigenvalue weighted by Crippen LogP contribution is 2.13. The lowest BCUT2D eigenvalue weighted by atomic mass is 10.1. The number of nitrogens with one attached hydrogen (secondary N) is 1. The second kappa shape index (κ2) is 13.2. The minimum atomic E-state index is 0.257. The molecule has 0 bridgehead atoms. The zero-order valence-electron chi connectivity index (χ0n) is 15.9. The molecule has 1 N–H and O–H groups in total. The van der Waals surface area contributed by atoms with Gasteiger partial charge in [0, 0.05) is 13.1 Å². The van der Waals surface area contributed by atoms with Crippen molar-refractivity contribution < 1.29 is 0 Å². The van der Waals surface area contributed by atoms with E-state index in [1.165, 1.54) is 56.9 Å². The number of hydrogen-bond acceptors (Lipinski definition) is 1. The van der Waals surface area contributed by atoms with Gasteiger partial charge in [-0.15, -0.1) is 0 Å². The lowest BCUT2D eigenvalue weighted by Crippen LogP contribution is -2.41. The summed E-state index contributed by atoms with van der Waals surface area (Å²) in [6.07, 6.45) is 10.3. The van der Waals surface area contributed by atoms with E-state index in [-0.39, 0.29) is 6.04 Å². The summed E-state index contributed by atoms with van der Waals surface area (Å²) in [4.78, 5) is 2.39. The molecule has 0 radical (unpaired) electrons. The molecule has 0 spiro atoms. The number of unbranched alkanes of at least 4 members (excludes halogenated alkanes) is 6. The lowest BCUT2D eigenvalue weighted by Gasteiger charge is -2.28. The minimum Gasteiger partial charge on any atom is -0.356 e. The maximum atomic E-state index is 5.72. The smallest absolute Gasteiger partial charge is 0.169 e. The van der Waals surface area contributed by atoms with Crippen molar-refractivity contribution in [1.29, 1.82) is 0 Å². The van der Waals surface area contributed by atoms with E-state index in [4.69, 9.17) is 12.2 Å². The van der Waals surface area contributed by atoms with Crippen LogP contribution >= 0.6 is 12.2 Å². The van der Waals surface area contributed by atoms with E-state index in [2.05, 4.69) is 61.3 Å². The molecule has 1 rings (SSSR count). The van der Waals surface area contributed by atoms with Crippen LogP contribution in [0.15, 0.2) is 30.3 Å². The Morgan fingerprint density at radius 1 is 0.917 bits per heavy atom. The van der Waals surface area contributed by atoms with Crippen molar-refractivity contribution in [2.24, 2.45) is 0 Å². The molecule has 3 heteroatoms. The highest BCUT2D eigenvalue weighted by molar-refractivity contribution is 7.80. The number of nitrogens with zero attached hydrogens (tertiary/aromatic N) is 1. The van der Waals surface area contributed by atoms with Gasteiger partial charge in [-0.2, -0.15) is 0 Å². The van der Waals surface area contributed by atoms with Gasteiger partial charge in [0.15, 0.2) is 5.11 Å². The molecule has 0 aliphatic heterocycles. The predicted octanol–water partition coefficient (Wildman–Crippen LogP) is 6.08. The molecule has 136 valence electrons. The van der Waals surface area contributed by atoms with Gasteiger partial charge in [0.05, 0.1) is 6.04 Å². The third-order valence-corrected chi connectivity index (χ3v) is 4.87. The fourth-order valence-electron chi connectivity index (χ4n) is 2.88. The maximum Gasteiger partial charge on any atom is 0.169 e. The molecule has 1 unspecified atom stereocenters. The van der Waals surface area contributed by atoms with E-state index >= 15 is 0 Å². The first-order chi connectivity index (χ1) is 11.7. The Labute approximate surface area is 155 Å². The molecule has 1 aromatic carbocycles. The summed E-state index contributed by atoms with van der Waals surface area (Å²) in [5, 5.41) is 4.45. The summed E-state index contributed by atoms with van der Waals surface area (Å²) in [6, 6.07) is 10.8. The average molecular weight is 349 g/mol. The molecule has 0 fully saturated rings. The van der Waals surface area contributed by atoms with Crippen LogP contribution in [0, 0.1) is 0 Å². The quantitative estimate of drug-likeness (QED) is 0.364.